The molecule has 1 heterocycles. The fraction of sp³-hybridized carbons (Fsp3) is 0.294. The molecular formula is C17H19ClN2OS. The highest BCUT2D eigenvalue weighted by atomic mass is 35.5. The molecule has 0 saturated heterocycles. The van der Waals surface area contributed by atoms with Crippen LogP contribution in [0.1, 0.15) is 23.7 Å². The Morgan fingerprint density at radius 2 is 2.00 bits per heavy atom. The first-order valence-corrected chi connectivity index (χ1v) is 8.52. The second-order valence-electron chi connectivity index (χ2n) is 5.10. The molecule has 1 aromatic heterocycles. The average Bonchev–Trinajstić information content (AvgIpc) is 2.52. The summed E-state index contributed by atoms with van der Waals surface area (Å²) in [6.07, 6.45) is 1.76. The van der Waals surface area contributed by atoms with Gasteiger partial charge in [-0.2, -0.15) is 0 Å². The zero-order valence-corrected chi connectivity index (χ0v) is 14.2. The lowest BCUT2D eigenvalue weighted by Crippen LogP contribution is -2.30. The van der Waals surface area contributed by atoms with Crippen molar-refractivity contribution in [3.8, 4) is 0 Å². The van der Waals surface area contributed by atoms with Crippen molar-refractivity contribution in [2.45, 2.75) is 31.4 Å². The van der Waals surface area contributed by atoms with Gasteiger partial charge in [-0.1, -0.05) is 23.7 Å². The largest absolute Gasteiger partial charge is 0.351 e. The third kappa shape index (κ3) is 5.35. The molecule has 1 N–H and O–H groups in total. The number of hydrogen-bond acceptors (Lipinski definition) is 3. The van der Waals surface area contributed by atoms with E-state index in [1.54, 1.807) is 18.0 Å². The Kier molecular flexibility index (Phi) is 6.28. The van der Waals surface area contributed by atoms with Crippen LogP contribution >= 0.6 is 23.4 Å². The minimum absolute atomic E-state index is 0.0495. The summed E-state index contributed by atoms with van der Waals surface area (Å²) < 4.78 is 0. The summed E-state index contributed by atoms with van der Waals surface area (Å²) in [5.74, 6) is 0.841. The summed E-state index contributed by atoms with van der Waals surface area (Å²) in [6, 6.07) is 11.6. The van der Waals surface area contributed by atoms with Crippen LogP contribution < -0.4 is 5.32 Å². The topological polar surface area (TPSA) is 42.0 Å². The number of nitrogens with zero attached hydrogens (tertiary/aromatic N) is 1. The van der Waals surface area contributed by atoms with Crippen LogP contribution in [0.5, 0.6) is 0 Å². The minimum atomic E-state index is -0.0985. The van der Waals surface area contributed by atoms with Crippen molar-refractivity contribution >= 4 is 29.3 Å². The fourth-order valence-corrected chi connectivity index (χ4v) is 2.92. The molecule has 22 heavy (non-hydrogen) atoms. The number of hydrogen-bond donors (Lipinski definition) is 1. The van der Waals surface area contributed by atoms with Crippen LogP contribution in [-0.2, 0) is 17.1 Å². The Morgan fingerprint density at radius 1 is 1.27 bits per heavy atom. The summed E-state index contributed by atoms with van der Waals surface area (Å²) in [5.41, 5.74) is 3.19. The molecule has 1 aromatic carbocycles. The molecule has 0 radical (unpaired) electrons. The highest BCUT2D eigenvalue weighted by Crippen LogP contribution is 2.19. The van der Waals surface area contributed by atoms with Crippen LogP contribution in [0.25, 0.3) is 0 Å². The standard InChI is InChI=1S/C17H19ClN2OS/c1-12-9-15(7-8-19-12)10-20-17(21)13(2)22-11-14-3-5-16(18)6-4-14/h3-9,13H,10-11H2,1-2H3,(H,20,21). The Balaban J connectivity index is 1.78. The molecule has 1 atom stereocenters. The maximum atomic E-state index is 12.1. The molecule has 0 bridgehead atoms. The predicted octanol–water partition coefficient (Wildman–Crippen LogP) is 3.98. The minimum Gasteiger partial charge on any atom is -0.351 e. The summed E-state index contributed by atoms with van der Waals surface area (Å²) in [7, 11) is 0. The van der Waals surface area contributed by atoms with E-state index in [-0.39, 0.29) is 11.2 Å². The molecule has 0 fully saturated rings. The Morgan fingerprint density at radius 3 is 2.68 bits per heavy atom. The quantitative estimate of drug-likeness (QED) is 0.868. The van der Waals surface area contributed by atoms with E-state index in [1.165, 1.54) is 5.56 Å². The Bertz CT molecular complexity index is 631. The fourth-order valence-electron chi connectivity index (χ4n) is 1.92. The summed E-state index contributed by atoms with van der Waals surface area (Å²) in [5, 5.41) is 3.59. The van der Waals surface area contributed by atoms with E-state index in [9.17, 15) is 4.79 Å². The van der Waals surface area contributed by atoms with Crippen LogP contribution in [0.15, 0.2) is 42.6 Å². The van der Waals surface area contributed by atoms with Gasteiger partial charge < -0.3 is 5.32 Å². The van der Waals surface area contributed by atoms with Gasteiger partial charge in [0.05, 0.1) is 5.25 Å². The van der Waals surface area contributed by atoms with Gasteiger partial charge in [-0.3, -0.25) is 9.78 Å². The normalized spacial score (nSPS) is 12.0. The highest BCUT2D eigenvalue weighted by Gasteiger charge is 2.13. The third-order valence-corrected chi connectivity index (χ3v) is 4.68. The molecule has 0 aliphatic carbocycles. The molecule has 0 saturated carbocycles. The van der Waals surface area contributed by atoms with E-state index in [4.69, 9.17) is 11.6 Å². The van der Waals surface area contributed by atoms with Gasteiger partial charge in [0, 0.05) is 29.2 Å². The summed E-state index contributed by atoms with van der Waals surface area (Å²) >= 11 is 7.47. The molecule has 0 aliphatic rings. The van der Waals surface area contributed by atoms with Gasteiger partial charge in [-0.15, -0.1) is 11.8 Å². The van der Waals surface area contributed by atoms with Gasteiger partial charge in [-0.25, -0.2) is 0 Å². The highest BCUT2D eigenvalue weighted by molar-refractivity contribution is 7.99. The van der Waals surface area contributed by atoms with Gasteiger partial charge in [0.2, 0.25) is 5.91 Å². The predicted molar refractivity (Wildman–Crippen MR) is 93.0 cm³/mol. The molecule has 3 nitrogen and oxygen atoms in total. The van der Waals surface area contributed by atoms with Crippen LogP contribution in [0, 0.1) is 6.92 Å². The smallest absolute Gasteiger partial charge is 0.233 e. The first-order valence-electron chi connectivity index (χ1n) is 7.10. The maximum absolute atomic E-state index is 12.1. The Hall–Kier alpha value is -1.52. The van der Waals surface area contributed by atoms with Crippen molar-refractivity contribution in [1.82, 2.24) is 10.3 Å². The number of nitrogens with one attached hydrogen (secondary N) is 1. The lowest BCUT2D eigenvalue weighted by Gasteiger charge is -2.12. The first-order chi connectivity index (χ1) is 10.5. The SMILES string of the molecule is Cc1cc(CNC(=O)C(C)SCc2ccc(Cl)cc2)ccn1. The molecule has 5 heteroatoms. The zero-order valence-electron chi connectivity index (χ0n) is 12.7. The second kappa shape index (κ2) is 8.20. The lowest BCUT2D eigenvalue weighted by atomic mass is 10.2. The van der Waals surface area contributed by atoms with Crippen LogP contribution in [0.3, 0.4) is 0 Å². The van der Waals surface area contributed by atoms with E-state index in [2.05, 4.69) is 10.3 Å². The molecule has 116 valence electrons. The van der Waals surface area contributed by atoms with Crippen LogP contribution in [0.2, 0.25) is 5.02 Å². The monoisotopic (exact) mass is 334 g/mol. The van der Waals surface area contributed by atoms with Crippen molar-refractivity contribution in [2.24, 2.45) is 0 Å². The number of pyridine rings is 1. The summed E-state index contributed by atoms with van der Waals surface area (Å²) in [4.78, 5) is 16.3. The molecule has 0 spiro atoms. The number of rotatable bonds is 6. The number of benzene rings is 1. The van der Waals surface area contributed by atoms with E-state index < -0.39 is 0 Å². The molecule has 0 aliphatic heterocycles. The van der Waals surface area contributed by atoms with Crippen LogP contribution in [-0.4, -0.2) is 16.1 Å². The van der Waals surface area contributed by atoms with Gasteiger partial charge in [-0.05, 0) is 49.2 Å². The lowest BCUT2D eigenvalue weighted by molar-refractivity contribution is -0.120. The number of aryl methyl sites for hydroxylation is 1. The first kappa shape index (κ1) is 16.8. The van der Waals surface area contributed by atoms with Crippen molar-refractivity contribution in [3.63, 3.8) is 0 Å². The molecular weight excluding hydrogens is 316 g/mol. The van der Waals surface area contributed by atoms with Gasteiger partial charge in [0.25, 0.3) is 0 Å². The number of carbonyl (C=O) groups is 1. The van der Waals surface area contributed by atoms with Gasteiger partial charge in [0.15, 0.2) is 0 Å². The molecule has 1 unspecified atom stereocenters. The third-order valence-electron chi connectivity index (χ3n) is 3.21. The zero-order chi connectivity index (χ0) is 15.9. The van der Waals surface area contributed by atoms with E-state index >= 15 is 0 Å². The summed E-state index contributed by atoms with van der Waals surface area (Å²) in [6.45, 7) is 4.40. The second-order valence-corrected chi connectivity index (χ2v) is 6.87. The average molecular weight is 335 g/mol. The Labute approximate surface area is 140 Å². The van der Waals surface area contributed by atoms with Crippen molar-refractivity contribution in [3.05, 3.63) is 64.4 Å². The maximum Gasteiger partial charge on any atom is 0.233 e. The molecule has 1 amide bonds. The van der Waals surface area contributed by atoms with Gasteiger partial charge in [0.1, 0.15) is 0 Å². The number of thioether (sulfide) groups is 1. The van der Waals surface area contributed by atoms with Crippen molar-refractivity contribution in [1.29, 1.82) is 0 Å². The van der Waals surface area contributed by atoms with Crippen molar-refractivity contribution in [2.75, 3.05) is 0 Å². The molecule has 2 aromatic rings. The van der Waals surface area contributed by atoms with E-state index in [1.807, 2.05) is 50.2 Å². The van der Waals surface area contributed by atoms with Crippen LogP contribution in [0.4, 0.5) is 0 Å². The number of carbonyl (C=O) groups excluding carboxylic acids is 1. The van der Waals surface area contributed by atoms with Gasteiger partial charge >= 0.3 is 0 Å². The number of halogens is 1. The molecule has 2 rings (SSSR count). The van der Waals surface area contributed by atoms with E-state index in [0.29, 0.717) is 6.54 Å². The van der Waals surface area contributed by atoms with Crippen molar-refractivity contribution < 1.29 is 4.79 Å². The van der Waals surface area contributed by atoms with E-state index in [0.717, 1.165) is 22.0 Å². The number of amides is 1. The number of aromatic nitrogens is 1.